The van der Waals surface area contributed by atoms with Gasteiger partial charge in [0.2, 0.25) is 0 Å². The summed E-state index contributed by atoms with van der Waals surface area (Å²) in [6.07, 6.45) is 6.55. The van der Waals surface area contributed by atoms with Gasteiger partial charge >= 0.3 is 0 Å². The van der Waals surface area contributed by atoms with Crippen molar-refractivity contribution in [3.63, 3.8) is 0 Å². The van der Waals surface area contributed by atoms with Crippen molar-refractivity contribution in [3.05, 3.63) is 60.2 Å². The van der Waals surface area contributed by atoms with Crippen LogP contribution in [0.15, 0.2) is 54.6 Å². The van der Waals surface area contributed by atoms with E-state index in [0.717, 1.165) is 13.0 Å². The molecular formula is C17H24O. The Morgan fingerprint density at radius 1 is 1.33 bits per heavy atom. The van der Waals surface area contributed by atoms with Crippen LogP contribution in [-0.4, -0.2) is 6.61 Å². The lowest BCUT2D eigenvalue weighted by Gasteiger charge is -2.06. The van der Waals surface area contributed by atoms with Crippen molar-refractivity contribution in [2.45, 2.75) is 33.3 Å². The predicted molar refractivity (Wildman–Crippen MR) is 78.5 cm³/mol. The standard InChI is InChI=1S/C17H24O/c1-4-15(2)9-8-10-16(3)13-18-14-17-11-6-5-7-12-17/h4-7,10-12,15H,1,8-9,13-14H2,2-3H3. The number of hydrogen-bond acceptors (Lipinski definition) is 1. The number of ether oxygens (including phenoxy) is 1. The quantitative estimate of drug-likeness (QED) is 0.599. The van der Waals surface area contributed by atoms with Gasteiger partial charge in [0.1, 0.15) is 0 Å². The molecule has 1 unspecified atom stereocenters. The highest BCUT2D eigenvalue weighted by Crippen LogP contribution is 2.09. The van der Waals surface area contributed by atoms with E-state index in [0.29, 0.717) is 12.5 Å². The van der Waals surface area contributed by atoms with Crippen molar-refractivity contribution in [2.24, 2.45) is 5.92 Å². The van der Waals surface area contributed by atoms with Crippen LogP contribution < -0.4 is 0 Å². The molecule has 0 aromatic heterocycles. The topological polar surface area (TPSA) is 9.23 Å². The fraction of sp³-hybridized carbons (Fsp3) is 0.412. The zero-order chi connectivity index (χ0) is 13.2. The van der Waals surface area contributed by atoms with Crippen LogP contribution in [0.5, 0.6) is 0 Å². The van der Waals surface area contributed by atoms with Crippen LogP contribution in [-0.2, 0) is 11.3 Å². The van der Waals surface area contributed by atoms with E-state index in [2.05, 4.69) is 38.6 Å². The Kier molecular flexibility index (Phi) is 7.12. The minimum atomic E-state index is 0.597. The Labute approximate surface area is 111 Å². The summed E-state index contributed by atoms with van der Waals surface area (Å²) in [4.78, 5) is 0. The fourth-order valence-electron chi connectivity index (χ4n) is 1.67. The van der Waals surface area contributed by atoms with Gasteiger partial charge in [0.05, 0.1) is 13.2 Å². The third-order valence-electron chi connectivity index (χ3n) is 2.96. The van der Waals surface area contributed by atoms with Crippen molar-refractivity contribution >= 4 is 0 Å². The van der Waals surface area contributed by atoms with Gasteiger partial charge in [0.15, 0.2) is 0 Å². The van der Waals surface area contributed by atoms with Crippen LogP contribution in [0.25, 0.3) is 0 Å². The van der Waals surface area contributed by atoms with Crippen molar-refractivity contribution in [1.29, 1.82) is 0 Å². The fourth-order valence-corrected chi connectivity index (χ4v) is 1.67. The van der Waals surface area contributed by atoms with Crippen molar-refractivity contribution in [1.82, 2.24) is 0 Å². The second-order valence-electron chi connectivity index (χ2n) is 4.82. The first-order valence-electron chi connectivity index (χ1n) is 6.62. The second kappa shape index (κ2) is 8.71. The maximum Gasteiger partial charge on any atom is 0.0721 e. The maximum absolute atomic E-state index is 5.68. The van der Waals surface area contributed by atoms with Crippen LogP contribution in [0.2, 0.25) is 0 Å². The van der Waals surface area contributed by atoms with Gasteiger partial charge < -0.3 is 4.74 Å². The minimum Gasteiger partial charge on any atom is -0.372 e. The molecule has 1 rings (SSSR count). The zero-order valence-electron chi connectivity index (χ0n) is 11.6. The van der Waals surface area contributed by atoms with Crippen molar-refractivity contribution in [2.75, 3.05) is 6.61 Å². The maximum atomic E-state index is 5.68. The molecule has 0 amide bonds. The highest BCUT2D eigenvalue weighted by molar-refractivity contribution is 5.13. The normalized spacial score (nSPS) is 13.3. The van der Waals surface area contributed by atoms with Gasteiger partial charge in [-0.25, -0.2) is 0 Å². The predicted octanol–water partition coefficient (Wildman–Crippen LogP) is 4.75. The van der Waals surface area contributed by atoms with Gasteiger partial charge in [-0.3, -0.25) is 0 Å². The van der Waals surface area contributed by atoms with E-state index < -0.39 is 0 Å². The lowest BCUT2D eigenvalue weighted by atomic mass is 10.1. The Morgan fingerprint density at radius 2 is 2.06 bits per heavy atom. The molecule has 0 spiro atoms. The SMILES string of the molecule is C=CC(C)CCC=C(C)COCc1ccccc1. The molecule has 1 aromatic rings. The molecule has 0 radical (unpaired) electrons. The molecular weight excluding hydrogens is 220 g/mol. The van der Waals surface area contributed by atoms with Crippen LogP contribution >= 0.6 is 0 Å². The van der Waals surface area contributed by atoms with E-state index in [1.807, 2.05) is 24.3 Å². The third kappa shape index (κ3) is 6.41. The molecule has 0 saturated heterocycles. The van der Waals surface area contributed by atoms with E-state index in [1.165, 1.54) is 17.6 Å². The second-order valence-corrected chi connectivity index (χ2v) is 4.82. The summed E-state index contributed by atoms with van der Waals surface area (Å²) >= 11 is 0. The summed E-state index contributed by atoms with van der Waals surface area (Å²) in [5.74, 6) is 0.597. The minimum absolute atomic E-state index is 0.597. The van der Waals surface area contributed by atoms with Gasteiger partial charge in [-0.05, 0) is 31.2 Å². The number of rotatable bonds is 8. The average molecular weight is 244 g/mol. The monoisotopic (exact) mass is 244 g/mol. The van der Waals surface area contributed by atoms with E-state index in [9.17, 15) is 0 Å². The van der Waals surface area contributed by atoms with Crippen LogP contribution in [0.1, 0.15) is 32.3 Å². The molecule has 0 aliphatic carbocycles. The molecule has 0 bridgehead atoms. The van der Waals surface area contributed by atoms with Crippen LogP contribution in [0, 0.1) is 5.92 Å². The highest BCUT2D eigenvalue weighted by Gasteiger charge is 1.96. The number of hydrogen-bond donors (Lipinski definition) is 0. The molecule has 0 fully saturated rings. The van der Waals surface area contributed by atoms with E-state index >= 15 is 0 Å². The first-order chi connectivity index (χ1) is 8.72. The molecule has 1 aromatic carbocycles. The summed E-state index contributed by atoms with van der Waals surface area (Å²) in [5, 5.41) is 0. The van der Waals surface area contributed by atoms with Gasteiger partial charge in [0, 0.05) is 0 Å². The Morgan fingerprint density at radius 3 is 2.72 bits per heavy atom. The smallest absolute Gasteiger partial charge is 0.0721 e. The lowest BCUT2D eigenvalue weighted by Crippen LogP contribution is -1.97. The average Bonchev–Trinajstić information content (AvgIpc) is 2.39. The van der Waals surface area contributed by atoms with Gasteiger partial charge in [0.25, 0.3) is 0 Å². The van der Waals surface area contributed by atoms with Crippen molar-refractivity contribution < 1.29 is 4.74 Å². The summed E-state index contributed by atoms with van der Waals surface area (Å²) in [5.41, 5.74) is 2.53. The summed E-state index contributed by atoms with van der Waals surface area (Å²) < 4.78 is 5.68. The molecule has 0 N–H and O–H groups in total. The number of benzene rings is 1. The first-order valence-corrected chi connectivity index (χ1v) is 6.62. The molecule has 98 valence electrons. The largest absolute Gasteiger partial charge is 0.372 e. The summed E-state index contributed by atoms with van der Waals surface area (Å²) in [6, 6.07) is 10.3. The molecule has 1 atom stereocenters. The third-order valence-corrected chi connectivity index (χ3v) is 2.96. The molecule has 1 nitrogen and oxygen atoms in total. The number of allylic oxidation sites excluding steroid dienone is 2. The molecule has 1 heteroatoms. The van der Waals surface area contributed by atoms with Gasteiger partial charge in [-0.15, -0.1) is 6.58 Å². The van der Waals surface area contributed by atoms with Gasteiger partial charge in [-0.2, -0.15) is 0 Å². The lowest BCUT2D eigenvalue weighted by molar-refractivity contribution is 0.142. The van der Waals surface area contributed by atoms with E-state index in [1.54, 1.807) is 0 Å². The molecule has 0 saturated carbocycles. The van der Waals surface area contributed by atoms with Crippen molar-refractivity contribution in [3.8, 4) is 0 Å². The Hall–Kier alpha value is -1.34. The van der Waals surface area contributed by atoms with Crippen LogP contribution in [0.3, 0.4) is 0 Å². The summed E-state index contributed by atoms with van der Waals surface area (Å²) in [7, 11) is 0. The Balaban J connectivity index is 2.18. The van der Waals surface area contributed by atoms with E-state index in [4.69, 9.17) is 4.74 Å². The van der Waals surface area contributed by atoms with Crippen LogP contribution in [0.4, 0.5) is 0 Å². The molecule has 0 aliphatic heterocycles. The van der Waals surface area contributed by atoms with Gasteiger partial charge in [-0.1, -0.05) is 55.0 Å². The Bertz CT molecular complexity index is 364. The molecule has 0 aliphatic rings. The first kappa shape index (κ1) is 14.7. The highest BCUT2D eigenvalue weighted by atomic mass is 16.5. The zero-order valence-corrected chi connectivity index (χ0v) is 11.6. The molecule has 0 heterocycles. The molecule has 18 heavy (non-hydrogen) atoms. The summed E-state index contributed by atoms with van der Waals surface area (Å²) in [6.45, 7) is 9.53. The van der Waals surface area contributed by atoms with E-state index in [-0.39, 0.29) is 0 Å².